The Morgan fingerprint density at radius 1 is 0.978 bits per heavy atom. The van der Waals surface area contributed by atoms with E-state index in [0.29, 0.717) is 36.1 Å². The maximum atomic E-state index is 13.4. The van der Waals surface area contributed by atoms with Gasteiger partial charge in [-0.25, -0.2) is 0 Å². The third-order valence-electron chi connectivity index (χ3n) is 14.9. The smallest absolute Gasteiger partial charge is 0.310 e. The van der Waals surface area contributed by atoms with Crippen molar-refractivity contribution in [3.05, 3.63) is 52.2 Å². The van der Waals surface area contributed by atoms with Crippen LogP contribution in [0.1, 0.15) is 127 Å². The molecule has 2 aromatic rings. The van der Waals surface area contributed by atoms with Gasteiger partial charge in [0.05, 0.1) is 11.1 Å². The predicted octanol–water partition coefficient (Wildman–Crippen LogP) is 7.52. The van der Waals surface area contributed by atoms with E-state index in [1.165, 1.54) is 16.7 Å². The summed E-state index contributed by atoms with van der Waals surface area (Å²) in [4.78, 5) is 25.8. The summed E-state index contributed by atoms with van der Waals surface area (Å²) in [7, 11) is 0. The number of primary amides is 1. The zero-order chi connectivity index (χ0) is 32.5. The molecule has 1 heterocycles. The van der Waals surface area contributed by atoms with E-state index in [2.05, 4.69) is 59.6 Å². The minimum atomic E-state index is -0.756. The molecule has 7 rings (SSSR count). The highest BCUT2D eigenvalue weighted by atomic mass is 16.4. The number of H-pyrrole nitrogens is 1. The van der Waals surface area contributed by atoms with E-state index in [4.69, 9.17) is 16.6 Å². The van der Waals surface area contributed by atoms with Crippen molar-refractivity contribution in [1.29, 1.82) is 0 Å². The Morgan fingerprint density at radius 3 is 2.38 bits per heavy atom. The average molecular weight is 613 g/mol. The number of anilines is 1. The molecule has 0 bridgehead atoms. The number of carbonyl (C=O) groups excluding carboxylic acids is 1. The quantitative estimate of drug-likeness (QED) is 0.284. The molecule has 1 aromatic heterocycles. The highest BCUT2D eigenvalue weighted by Gasteiger charge is 2.70. The largest absolute Gasteiger partial charge is 0.481 e. The molecule has 1 aromatic carbocycles. The molecule has 45 heavy (non-hydrogen) atoms. The van der Waals surface area contributed by atoms with Crippen LogP contribution in [0.3, 0.4) is 0 Å². The first kappa shape index (κ1) is 30.6. The van der Waals surface area contributed by atoms with Crippen molar-refractivity contribution in [2.24, 2.45) is 50.6 Å². The maximum Gasteiger partial charge on any atom is 0.310 e. The van der Waals surface area contributed by atoms with Gasteiger partial charge in [-0.3, -0.25) is 14.7 Å². The average Bonchev–Trinajstić information content (AvgIpc) is 3.33. The van der Waals surface area contributed by atoms with Gasteiger partial charge in [0.1, 0.15) is 5.82 Å². The van der Waals surface area contributed by atoms with Gasteiger partial charge in [-0.1, -0.05) is 66.2 Å². The van der Waals surface area contributed by atoms with Gasteiger partial charge >= 0.3 is 5.97 Å². The number of fused-ring (bicyclic) bond motifs is 8. The summed E-state index contributed by atoms with van der Waals surface area (Å²) < 4.78 is 0. The van der Waals surface area contributed by atoms with E-state index in [-0.39, 0.29) is 33.0 Å². The van der Waals surface area contributed by atoms with Gasteiger partial charge in [-0.05, 0) is 120 Å². The number of aromatic nitrogens is 2. The molecule has 5 aliphatic rings. The first-order valence-corrected chi connectivity index (χ1v) is 17.1. The number of aromatic amines is 1. The number of carbonyl (C=O) groups is 2. The number of nitrogens with zero attached hydrogens (tertiary/aromatic N) is 1. The topological polar surface area (TPSA) is 135 Å². The molecule has 3 fully saturated rings. The summed E-state index contributed by atoms with van der Waals surface area (Å²) in [5, 5.41) is 18.9. The Kier molecular flexibility index (Phi) is 6.28. The zero-order valence-electron chi connectivity index (χ0n) is 28.3. The number of allylic oxidation sites excluding steroid dienone is 2. The molecule has 6 N–H and O–H groups in total. The van der Waals surface area contributed by atoms with Crippen LogP contribution in [0, 0.1) is 44.8 Å². The Labute approximate surface area is 268 Å². The Balaban J connectivity index is 1.50. The summed E-state index contributed by atoms with van der Waals surface area (Å²) in [5.74, 6) is 0.327. The number of hydrogen-bond donors (Lipinski definition) is 4. The molecular formula is C38H52N4O3. The first-order valence-electron chi connectivity index (χ1n) is 17.1. The fourth-order valence-corrected chi connectivity index (χ4v) is 12.3. The first-order chi connectivity index (χ1) is 20.9. The molecule has 7 nitrogen and oxygen atoms in total. The number of nitrogen functional groups attached to an aromatic ring is 1. The third-order valence-corrected chi connectivity index (χ3v) is 14.9. The molecule has 0 spiro atoms. The van der Waals surface area contributed by atoms with Crippen molar-refractivity contribution in [3.8, 4) is 0 Å². The van der Waals surface area contributed by atoms with E-state index in [9.17, 15) is 14.7 Å². The molecule has 7 heteroatoms. The lowest BCUT2D eigenvalue weighted by atomic mass is 9.33. The number of hydrogen-bond acceptors (Lipinski definition) is 4. The van der Waals surface area contributed by atoms with Crippen LogP contribution in [0.4, 0.5) is 5.82 Å². The lowest BCUT2D eigenvalue weighted by molar-refractivity contribution is -0.175. The number of carboxylic acids is 1. The second-order valence-corrected chi connectivity index (χ2v) is 17.7. The fourth-order valence-electron chi connectivity index (χ4n) is 12.3. The van der Waals surface area contributed by atoms with Crippen LogP contribution in [0.25, 0.3) is 5.57 Å². The molecule has 1 amide bonds. The summed E-state index contributed by atoms with van der Waals surface area (Å²) in [5.41, 5.74) is 17.8. The Morgan fingerprint density at radius 2 is 1.69 bits per heavy atom. The Hall–Kier alpha value is -3.09. The summed E-state index contributed by atoms with van der Waals surface area (Å²) >= 11 is 0. The number of aliphatic carboxylic acids is 1. The van der Waals surface area contributed by atoms with Gasteiger partial charge in [-0.2, -0.15) is 5.10 Å². The molecular weight excluding hydrogens is 560 g/mol. The molecule has 3 saturated carbocycles. The maximum absolute atomic E-state index is 13.4. The molecule has 0 saturated heterocycles. The van der Waals surface area contributed by atoms with Crippen molar-refractivity contribution in [3.63, 3.8) is 0 Å². The van der Waals surface area contributed by atoms with E-state index in [1.807, 2.05) is 12.1 Å². The number of carboxylic acid groups (broad SMARTS) is 1. The normalized spacial score (nSPS) is 39.5. The minimum Gasteiger partial charge on any atom is -0.481 e. The number of nitrogens with two attached hydrogens (primary N) is 2. The van der Waals surface area contributed by atoms with Crippen LogP contribution in [-0.4, -0.2) is 27.2 Å². The standard InChI is InChI=1S/C38H52N4O3/c1-33(2)13-15-38(32(44)45)16-14-37(7)28(25(38)20-33)23(21-9-8-10-22(17-21)31(40)43)18-27-35(5)19-24-29(41-42-30(24)39)34(3,4)26(35)11-12-36(27,37)6/h8-10,17,25-27H,11-16,18-20H2,1-7H3,(H2,40,43)(H,44,45)(H3,39,41,42)/t25?,26?,27?,35-,36+,37+,38-/m0/s1. The van der Waals surface area contributed by atoms with Gasteiger partial charge < -0.3 is 16.6 Å². The van der Waals surface area contributed by atoms with Crippen molar-refractivity contribution >= 4 is 23.3 Å². The van der Waals surface area contributed by atoms with Crippen LogP contribution in [0.5, 0.6) is 0 Å². The highest BCUT2D eigenvalue weighted by Crippen LogP contribution is 2.77. The molecule has 242 valence electrons. The summed E-state index contributed by atoms with van der Waals surface area (Å²) in [6.45, 7) is 16.9. The fraction of sp³-hybridized carbons (Fsp3) is 0.658. The van der Waals surface area contributed by atoms with E-state index in [1.54, 1.807) is 6.07 Å². The van der Waals surface area contributed by atoms with Crippen molar-refractivity contribution in [2.75, 3.05) is 5.73 Å². The van der Waals surface area contributed by atoms with Crippen LogP contribution >= 0.6 is 0 Å². The number of rotatable bonds is 3. The summed E-state index contributed by atoms with van der Waals surface area (Å²) in [6, 6.07) is 7.83. The monoisotopic (exact) mass is 612 g/mol. The number of nitrogens with one attached hydrogen (secondary N) is 1. The highest BCUT2D eigenvalue weighted by molar-refractivity contribution is 5.94. The summed E-state index contributed by atoms with van der Waals surface area (Å²) in [6.07, 6.45) is 8.03. The van der Waals surface area contributed by atoms with Crippen LogP contribution in [0.2, 0.25) is 0 Å². The van der Waals surface area contributed by atoms with E-state index < -0.39 is 17.3 Å². The van der Waals surface area contributed by atoms with E-state index >= 15 is 0 Å². The lowest BCUT2D eigenvalue weighted by Gasteiger charge is -2.71. The van der Waals surface area contributed by atoms with Crippen LogP contribution < -0.4 is 11.5 Å². The van der Waals surface area contributed by atoms with Crippen molar-refractivity contribution < 1.29 is 14.7 Å². The molecule has 3 unspecified atom stereocenters. The SMILES string of the molecule is CC1(C)CC[C@]2(C(=O)O)CC[C@]3(C)C(=C(c4cccc(C(N)=O)c4)CC4[C@@]5(C)Cc6c(n[nH]c6N)C(C)(C)C5CC[C@]43C)C2C1. The number of amides is 1. The Bertz CT molecular complexity index is 1650. The minimum absolute atomic E-state index is 0.0310. The van der Waals surface area contributed by atoms with Gasteiger partial charge in [0, 0.05) is 16.5 Å². The molecule has 5 aliphatic carbocycles. The van der Waals surface area contributed by atoms with Gasteiger partial charge in [-0.15, -0.1) is 0 Å². The van der Waals surface area contributed by atoms with Crippen molar-refractivity contribution in [2.45, 2.75) is 112 Å². The van der Waals surface area contributed by atoms with Crippen LogP contribution in [-0.2, 0) is 16.6 Å². The second kappa shape index (κ2) is 9.25. The van der Waals surface area contributed by atoms with Gasteiger partial charge in [0.15, 0.2) is 0 Å². The zero-order valence-corrected chi connectivity index (χ0v) is 28.3. The molecule has 7 atom stereocenters. The second-order valence-electron chi connectivity index (χ2n) is 17.7. The van der Waals surface area contributed by atoms with Gasteiger partial charge in [0.2, 0.25) is 5.91 Å². The van der Waals surface area contributed by atoms with Gasteiger partial charge in [0.25, 0.3) is 0 Å². The van der Waals surface area contributed by atoms with Crippen LogP contribution in [0.15, 0.2) is 29.8 Å². The predicted molar refractivity (Wildman–Crippen MR) is 177 cm³/mol. The molecule has 0 aliphatic heterocycles. The van der Waals surface area contributed by atoms with E-state index in [0.717, 1.165) is 56.2 Å². The third kappa shape index (κ3) is 3.85. The lowest BCUT2D eigenvalue weighted by Crippen LogP contribution is -2.65. The van der Waals surface area contributed by atoms with Crippen molar-refractivity contribution in [1.82, 2.24) is 10.2 Å². The molecule has 0 radical (unpaired) electrons. The number of benzene rings is 1.